The third-order valence-corrected chi connectivity index (χ3v) is 2.07. The maximum Gasteiger partial charge on any atom is 0.129 e. The van der Waals surface area contributed by atoms with Gasteiger partial charge in [-0.25, -0.2) is 4.39 Å². The first-order valence-electron chi connectivity index (χ1n) is 4.91. The lowest BCUT2D eigenvalue weighted by molar-refractivity contribution is 0.609. The molecular weight excluding hydrogens is 205 g/mol. The van der Waals surface area contributed by atoms with Gasteiger partial charge in [-0.1, -0.05) is 17.0 Å². The Kier molecular flexibility index (Phi) is 4.38. The monoisotopic (exact) mass is 217 g/mol. The molecule has 82 valence electrons. The Morgan fingerprint density at radius 3 is 2.56 bits per heavy atom. The van der Waals surface area contributed by atoms with Crippen LogP contribution in [0.15, 0.2) is 17.2 Å². The lowest BCUT2D eigenvalue weighted by Gasteiger charge is -2.01. The molecule has 0 fully saturated rings. The lowest BCUT2D eigenvalue weighted by Crippen LogP contribution is -1.89. The van der Waals surface area contributed by atoms with E-state index in [1.165, 1.54) is 0 Å². The largest absolute Gasteiger partial charge is 0.206 e. The van der Waals surface area contributed by atoms with Gasteiger partial charge in [0.1, 0.15) is 5.82 Å². The minimum Gasteiger partial charge on any atom is -0.206 e. The summed E-state index contributed by atoms with van der Waals surface area (Å²) in [7, 11) is 0. The maximum absolute atomic E-state index is 13.3. The van der Waals surface area contributed by atoms with Crippen molar-refractivity contribution < 1.29 is 4.39 Å². The van der Waals surface area contributed by atoms with E-state index in [4.69, 9.17) is 5.53 Å². The van der Waals surface area contributed by atoms with Crippen LogP contribution in [0.1, 0.15) is 23.1 Å². The molecule has 0 saturated carbocycles. The summed E-state index contributed by atoms with van der Waals surface area (Å²) < 4.78 is 13.3. The van der Waals surface area contributed by atoms with E-state index in [1.54, 1.807) is 26.0 Å². The van der Waals surface area contributed by atoms with Gasteiger partial charge >= 0.3 is 0 Å². The third kappa shape index (κ3) is 3.30. The molecule has 1 aromatic carbocycles. The van der Waals surface area contributed by atoms with E-state index in [0.29, 0.717) is 24.1 Å². The van der Waals surface area contributed by atoms with Gasteiger partial charge in [0.05, 0.1) is 0 Å². The van der Waals surface area contributed by atoms with Crippen LogP contribution in [0.3, 0.4) is 0 Å². The number of nitrogens with zero attached hydrogens (tertiary/aromatic N) is 3. The summed E-state index contributed by atoms with van der Waals surface area (Å²) in [6.45, 7) is 3.80. The first-order chi connectivity index (χ1) is 7.65. The fourth-order valence-electron chi connectivity index (χ4n) is 1.33. The maximum atomic E-state index is 13.3. The molecule has 0 atom stereocenters. The van der Waals surface area contributed by atoms with Gasteiger partial charge in [-0.2, -0.15) is 0 Å². The van der Waals surface area contributed by atoms with Gasteiger partial charge in [-0.05, 0) is 42.6 Å². The molecule has 0 unspecified atom stereocenters. The Balaban J connectivity index is 2.78. The van der Waals surface area contributed by atoms with E-state index in [9.17, 15) is 4.39 Å². The molecule has 0 amide bonds. The highest BCUT2D eigenvalue weighted by molar-refractivity contribution is 5.40. The van der Waals surface area contributed by atoms with Gasteiger partial charge in [0.2, 0.25) is 0 Å². The van der Waals surface area contributed by atoms with Crippen molar-refractivity contribution >= 4 is 0 Å². The molecule has 3 nitrogen and oxygen atoms in total. The Labute approximate surface area is 93.9 Å². The molecule has 1 rings (SSSR count). The van der Waals surface area contributed by atoms with Crippen LogP contribution in [0, 0.1) is 31.5 Å². The molecule has 0 radical (unpaired) electrons. The number of benzene rings is 1. The van der Waals surface area contributed by atoms with Gasteiger partial charge in [-0.15, -0.1) is 0 Å². The van der Waals surface area contributed by atoms with Crippen molar-refractivity contribution in [3.8, 4) is 11.8 Å². The third-order valence-electron chi connectivity index (χ3n) is 2.07. The first-order valence-corrected chi connectivity index (χ1v) is 4.91. The van der Waals surface area contributed by atoms with Gasteiger partial charge in [0, 0.05) is 23.4 Å². The second-order valence-electron chi connectivity index (χ2n) is 3.43. The molecule has 1 aromatic rings. The SMILES string of the molecule is Cc1cc(C#CCCN=[N+]=[N-])cc(C)c1F. The number of halogens is 1. The highest BCUT2D eigenvalue weighted by atomic mass is 19.1. The van der Waals surface area contributed by atoms with Crippen LogP contribution in [0.4, 0.5) is 4.39 Å². The Hall–Kier alpha value is -1.98. The highest BCUT2D eigenvalue weighted by Crippen LogP contribution is 2.13. The molecule has 0 aliphatic carbocycles. The smallest absolute Gasteiger partial charge is 0.129 e. The van der Waals surface area contributed by atoms with E-state index >= 15 is 0 Å². The average molecular weight is 217 g/mol. The predicted molar refractivity (Wildman–Crippen MR) is 61.4 cm³/mol. The molecule has 0 spiro atoms. The topological polar surface area (TPSA) is 48.8 Å². The number of aryl methyl sites for hydroxylation is 2. The summed E-state index contributed by atoms with van der Waals surface area (Å²) in [5, 5.41) is 3.37. The number of azide groups is 1. The van der Waals surface area contributed by atoms with E-state index < -0.39 is 0 Å². The van der Waals surface area contributed by atoms with E-state index in [0.717, 1.165) is 5.56 Å². The minimum atomic E-state index is -0.181. The molecule has 16 heavy (non-hydrogen) atoms. The van der Waals surface area contributed by atoms with Crippen LogP contribution < -0.4 is 0 Å². The quantitative estimate of drug-likeness (QED) is 0.239. The normalized spacial score (nSPS) is 8.94. The molecule has 0 aliphatic rings. The minimum absolute atomic E-state index is 0.181. The second kappa shape index (κ2) is 5.79. The van der Waals surface area contributed by atoms with Crippen LogP contribution in [-0.4, -0.2) is 6.54 Å². The van der Waals surface area contributed by atoms with Gasteiger partial charge < -0.3 is 0 Å². The number of hydrogen-bond acceptors (Lipinski definition) is 1. The van der Waals surface area contributed by atoms with Crippen molar-refractivity contribution in [3.63, 3.8) is 0 Å². The second-order valence-corrected chi connectivity index (χ2v) is 3.43. The van der Waals surface area contributed by atoms with E-state index in [2.05, 4.69) is 21.9 Å². The summed E-state index contributed by atoms with van der Waals surface area (Å²) in [6, 6.07) is 3.42. The summed E-state index contributed by atoms with van der Waals surface area (Å²) in [5.41, 5.74) is 10.0. The van der Waals surface area contributed by atoms with Crippen LogP contribution >= 0.6 is 0 Å². The summed E-state index contributed by atoms with van der Waals surface area (Å²) >= 11 is 0. The zero-order valence-electron chi connectivity index (χ0n) is 9.29. The zero-order chi connectivity index (χ0) is 12.0. The van der Waals surface area contributed by atoms with Crippen LogP contribution in [0.2, 0.25) is 0 Å². The Bertz CT molecular complexity index is 468. The summed E-state index contributed by atoms with van der Waals surface area (Å²) in [4.78, 5) is 2.63. The molecule has 4 heteroatoms. The standard InChI is InChI=1S/C12H12FN3/c1-9-7-11(8-10(2)12(9)13)5-3-4-6-15-16-14/h7-8H,4,6H2,1-2H3. The number of rotatable bonds is 2. The van der Waals surface area contributed by atoms with Crippen molar-refractivity contribution in [3.05, 3.63) is 45.1 Å². The highest BCUT2D eigenvalue weighted by Gasteiger charge is 2.01. The zero-order valence-corrected chi connectivity index (χ0v) is 9.29. The predicted octanol–water partition coefficient (Wildman–Crippen LogP) is 3.49. The number of hydrogen-bond donors (Lipinski definition) is 0. The van der Waals surface area contributed by atoms with Crippen LogP contribution in [0.5, 0.6) is 0 Å². The summed E-state index contributed by atoms with van der Waals surface area (Å²) in [5.74, 6) is 5.60. The Morgan fingerprint density at radius 2 is 2.00 bits per heavy atom. The van der Waals surface area contributed by atoms with Crippen LogP contribution in [0.25, 0.3) is 10.4 Å². The fraction of sp³-hybridized carbons (Fsp3) is 0.333. The molecule has 0 N–H and O–H groups in total. The van der Waals surface area contributed by atoms with Crippen molar-refractivity contribution in [2.24, 2.45) is 5.11 Å². The molecular formula is C12H12FN3. The first kappa shape index (κ1) is 12.1. The van der Waals surface area contributed by atoms with E-state index in [1.807, 2.05) is 0 Å². The van der Waals surface area contributed by atoms with Crippen LogP contribution in [-0.2, 0) is 0 Å². The van der Waals surface area contributed by atoms with Crippen molar-refractivity contribution in [1.82, 2.24) is 0 Å². The lowest BCUT2D eigenvalue weighted by atomic mass is 10.1. The summed E-state index contributed by atoms with van der Waals surface area (Å²) in [6.07, 6.45) is 0.513. The van der Waals surface area contributed by atoms with Gasteiger partial charge in [-0.3, -0.25) is 0 Å². The van der Waals surface area contributed by atoms with Crippen molar-refractivity contribution in [2.45, 2.75) is 20.3 Å². The molecule has 0 aromatic heterocycles. The average Bonchev–Trinajstić information content (AvgIpc) is 2.25. The molecule has 0 saturated heterocycles. The van der Waals surface area contributed by atoms with E-state index in [-0.39, 0.29) is 5.82 Å². The molecule has 0 heterocycles. The van der Waals surface area contributed by atoms with Crippen molar-refractivity contribution in [1.29, 1.82) is 0 Å². The van der Waals surface area contributed by atoms with Gasteiger partial charge in [0.15, 0.2) is 0 Å². The Morgan fingerprint density at radius 1 is 1.38 bits per heavy atom. The molecule has 0 aliphatic heterocycles. The fourth-order valence-corrected chi connectivity index (χ4v) is 1.33. The van der Waals surface area contributed by atoms with Crippen molar-refractivity contribution in [2.75, 3.05) is 6.54 Å². The molecule has 0 bridgehead atoms. The van der Waals surface area contributed by atoms with Gasteiger partial charge in [0.25, 0.3) is 0 Å².